The Morgan fingerprint density at radius 2 is 1.96 bits per heavy atom. The van der Waals surface area contributed by atoms with Gasteiger partial charge in [-0.2, -0.15) is 0 Å². The first kappa shape index (κ1) is 38.4. The van der Waals surface area contributed by atoms with E-state index in [-0.39, 0.29) is 42.6 Å². The summed E-state index contributed by atoms with van der Waals surface area (Å²) in [4.78, 5) is 36.3. The zero-order valence-electron chi connectivity index (χ0n) is 28.6. The van der Waals surface area contributed by atoms with Crippen molar-refractivity contribution >= 4 is 45.2 Å². The largest absolute Gasteiger partial charge is 0.504 e. The number of aliphatic hydroxyl groups is 1. The molecule has 0 radical (unpaired) electrons. The number of rotatable bonds is 5. The van der Waals surface area contributed by atoms with Gasteiger partial charge in [0.1, 0.15) is 11.9 Å². The number of esters is 1. The number of methoxy groups -OCH3 is 1. The van der Waals surface area contributed by atoms with Crippen LogP contribution in [0.3, 0.4) is 0 Å². The number of hydrogen-bond acceptors (Lipinski definition) is 11. The number of benzene rings is 1. The number of amides is 1. The molecule has 14 heteroatoms. The SMILES string of the molecule is COc1cc2cc(c1O)CN1CC(Cc3ccnc(N)c3)(CC1=O)CC(N=C(N)N)CSSCCCCCCC(O)CC(OC(C)=O)CC2. The normalized spacial score (nSPS) is 24.9. The van der Waals surface area contributed by atoms with Crippen LogP contribution in [-0.4, -0.2) is 81.3 Å². The average Bonchev–Trinajstić information content (AvgIpc) is 3.32. The van der Waals surface area contributed by atoms with E-state index in [1.54, 1.807) is 38.8 Å². The predicted molar refractivity (Wildman–Crippen MR) is 196 cm³/mol. The maximum Gasteiger partial charge on any atom is 0.302 e. The van der Waals surface area contributed by atoms with Crippen molar-refractivity contribution in [1.29, 1.82) is 0 Å². The zero-order chi connectivity index (χ0) is 35.4. The Morgan fingerprint density at radius 3 is 2.69 bits per heavy atom. The second-order valence-corrected chi connectivity index (χ2v) is 16.0. The lowest BCUT2D eigenvalue weighted by Crippen LogP contribution is -2.35. The van der Waals surface area contributed by atoms with Crippen molar-refractivity contribution in [3.8, 4) is 11.5 Å². The molecule has 2 aliphatic heterocycles. The molecule has 1 aromatic carbocycles. The standard InChI is InChI=1S/C35H52N6O6S2/c1-23(42)47-29-9-8-24-13-26(33(45)30(14-24)46-2)20-41-22-35(19-32(41)44,17-25-10-11-39-31(36)15-25)18-27(40-34(37)38)21-49-48-12-6-4-3-5-7-28(43)16-29/h10-11,13-15,27-29,43,45H,3-9,12,16-22H2,1-2H3,(H2,36,39)(H4,37,38,40). The molecule has 0 spiro atoms. The number of anilines is 1. The molecule has 3 heterocycles. The number of nitrogens with two attached hydrogens (primary N) is 3. The lowest BCUT2D eigenvalue weighted by Gasteiger charge is -2.32. The number of ether oxygens (including phenoxy) is 2. The first-order valence-electron chi connectivity index (χ1n) is 17.0. The second-order valence-electron chi connectivity index (χ2n) is 13.4. The summed E-state index contributed by atoms with van der Waals surface area (Å²) in [6.07, 6.45) is 8.15. The third-order valence-corrected chi connectivity index (χ3v) is 11.7. The smallest absolute Gasteiger partial charge is 0.302 e. The van der Waals surface area contributed by atoms with E-state index >= 15 is 0 Å². The molecule has 4 rings (SSSR count). The van der Waals surface area contributed by atoms with Crippen LogP contribution in [0.15, 0.2) is 35.5 Å². The minimum absolute atomic E-state index is 0.0180. The number of carbonyl (C=O) groups excluding carboxylic acids is 2. The van der Waals surface area contributed by atoms with Crippen molar-refractivity contribution in [1.82, 2.24) is 9.88 Å². The highest BCUT2D eigenvalue weighted by Gasteiger charge is 2.45. The molecule has 4 unspecified atom stereocenters. The summed E-state index contributed by atoms with van der Waals surface area (Å²) in [5, 5.41) is 22.0. The van der Waals surface area contributed by atoms with Gasteiger partial charge in [-0.3, -0.25) is 9.59 Å². The number of hydrogen-bond donors (Lipinski definition) is 5. The van der Waals surface area contributed by atoms with Gasteiger partial charge in [0.05, 0.1) is 19.3 Å². The summed E-state index contributed by atoms with van der Waals surface area (Å²) in [6, 6.07) is 7.20. The van der Waals surface area contributed by atoms with Gasteiger partial charge in [-0.05, 0) is 67.9 Å². The monoisotopic (exact) mass is 716 g/mol. The Kier molecular flexibility index (Phi) is 14.6. The molecular formula is C35H52N6O6S2. The number of aliphatic imine (C=N–C) groups is 1. The van der Waals surface area contributed by atoms with Crippen LogP contribution in [0, 0.1) is 5.41 Å². The van der Waals surface area contributed by atoms with E-state index in [2.05, 4.69) is 9.98 Å². The third-order valence-electron chi connectivity index (χ3n) is 9.11. The highest BCUT2D eigenvalue weighted by Crippen LogP contribution is 2.43. The van der Waals surface area contributed by atoms with Crippen LogP contribution in [0.4, 0.5) is 5.82 Å². The molecule has 12 nitrogen and oxygen atoms in total. The lowest BCUT2D eigenvalue weighted by atomic mass is 9.76. The van der Waals surface area contributed by atoms with Crippen molar-refractivity contribution in [2.24, 2.45) is 21.9 Å². The quantitative estimate of drug-likeness (QED) is 0.127. The summed E-state index contributed by atoms with van der Waals surface area (Å²) < 4.78 is 11.1. The number of fused-ring (bicyclic) bond motifs is 4. The number of aromatic hydroxyl groups is 1. The Labute approximate surface area is 297 Å². The number of aliphatic hydroxyl groups excluding tert-OH is 1. The number of aryl methyl sites for hydroxylation is 1. The number of carbonyl (C=O) groups is 2. The third kappa shape index (κ3) is 12.2. The molecule has 2 aliphatic rings. The van der Waals surface area contributed by atoms with E-state index in [9.17, 15) is 19.8 Å². The topological polar surface area (TPSA) is 200 Å². The molecular weight excluding hydrogens is 665 g/mol. The molecule has 49 heavy (non-hydrogen) atoms. The van der Waals surface area contributed by atoms with Crippen molar-refractivity contribution in [2.75, 3.05) is 30.9 Å². The highest BCUT2D eigenvalue weighted by molar-refractivity contribution is 8.76. The van der Waals surface area contributed by atoms with Crippen molar-refractivity contribution in [3.05, 3.63) is 47.2 Å². The molecule has 4 atom stereocenters. The molecule has 1 saturated heterocycles. The van der Waals surface area contributed by atoms with Crippen LogP contribution < -0.4 is 21.9 Å². The Balaban J connectivity index is 1.66. The Bertz CT molecular complexity index is 1440. The fourth-order valence-electron chi connectivity index (χ4n) is 6.99. The fourth-order valence-corrected chi connectivity index (χ4v) is 9.34. The number of aromatic nitrogens is 1. The lowest BCUT2D eigenvalue weighted by molar-refractivity contribution is -0.148. The van der Waals surface area contributed by atoms with Crippen LogP contribution in [0.5, 0.6) is 11.5 Å². The van der Waals surface area contributed by atoms with E-state index in [1.165, 1.54) is 14.0 Å². The maximum absolute atomic E-state index is 13.8. The van der Waals surface area contributed by atoms with Crippen LogP contribution in [-0.2, 0) is 33.7 Å². The van der Waals surface area contributed by atoms with Crippen molar-refractivity contribution < 1.29 is 29.3 Å². The second kappa shape index (κ2) is 18.6. The fraction of sp³-hybridized carbons (Fsp3) is 0.600. The molecule has 8 N–H and O–H groups in total. The van der Waals surface area contributed by atoms with Crippen molar-refractivity contribution in [3.63, 3.8) is 0 Å². The molecule has 270 valence electrons. The highest BCUT2D eigenvalue weighted by atomic mass is 33.1. The van der Waals surface area contributed by atoms with E-state index in [4.69, 9.17) is 26.7 Å². The van der Waals surface area contributed by atoms with Crippen molar-refractivity contribution in [2.45, 2.75) is 102 Å². The van der Waals surface area contributed by atoms with Crippen LogP contribution in [0.2, 0.25) is 0 Å². The molecule has 1 amide bonds. The number of phenolic OH excluding ortho intramolecular Hbond substituents is 1. The van der Waals surface area contributed by atoms with E-state index in [0.29, 0.717) is 68.0 Å². The van der Waals surface area contributed by atoms with Crippen LogP contribution >= 0.6 is 21.6 Å². The summed E-state index contributed by atoms with van der Waals surface area (Å²) in [7, 11) is 5.02. The molecule has 2 aromatic rings. The van der Waals surface area contributed by atoms with Gasteiger partial charge in [0.2, 0.25) is 5.91 Å². The van der Waals surface area contributed by atoms with Gasteiger partial charge in [-0.15, -0.1) is 0 Å². The number of phenols is 1. The van der Waals surface area contributed by atoms with Gasteiger partial charge in [0.15, 0.2) is 17.5 Å². The Morgan fingerprint density at radius 1 is 1.16 bits per heavy atom. The minimum Gasteiger partial charge on any atom is -0.504 e. The van der Waals surface area contributed by atoms with E-state index in [0.717, 1.165) is 42.6 Å². The number of nitrogen functional groups attached to an aromatic ring is 1. The zero-order valence-corrected chi connectivity index (χ0v) is 30.3. The molecule has 1 fully saturated rings. The van der Waals surface area contributed by atoms with Crippen LogP contribution in [0.25, 0.3) is 0 Å². The predicted octanol–water partition coefficient (Wildman–Crippen LogP) is 4.33. The summed E-state index contributed by atoms with van der Waals surface area (Å²) in [5.74, 6) is 1.95. The first-order chi connectivity index (χ1) is 23.4. The number of nitrogens with zero attached hydrogens (tertiary/aromatic N) is 3. The maximum atomic E-state index is 13.8. The minimum atomic E-state index is -0.571. The van der Waals surface area contributed by atoms with Gasteiger partial charge in [-0.1, -0.05) is 46.9 Å². The van der Waals surface area contributed by atoms with E-state index in [1.807, 2.05) is 18.2 Å². The summed E-state index contributed by atoms with van der Waals surface area (Å²) >= 11 is 0. The molecule has 0 saturated carbocycles. The van der Waals surface area contributed by atoms with E-state index < -0.39 is 17.6 Å². The molecule has 0 aliphatic carbocycles. The van der Waals surface area contributed by atoms with Crippen LogP contribution in [0.1, 0.15) is 81.4 Å². The van der Waals surface area contributed by atoms with Gasteiger partial charge >= 0.3 is 5.97 Å². The summed E-state index contributed by atoms with van der Waals surface area (Å²) in [5.41, 5.74) is 19.8. The number of guanidine groups is 1. The average molecular weight is 717 g/mol. The Hall–Kier alpha value is -3.36. The number of pyridine rings is 1. The molecule has 4 bridgehead atoms. The van der Waals surface area contributed by atoms with Gasteiger partial charge in [-0.25, -0.2) is 9.98 Å². The van der Waals surface area contributed by atoms with Gasteiger partial charge in [0, 0.05) is 61.5 Å². The van der Waals surface area contributed by atoms with Gasteiger partial charge in [0.25, 0.3) is 0 Å². The first-order valence-corrected chi connectivity index (χ1v) is 19.5. The van der Waals surface area contributed by atoms with Gasteiger partial charge < -0.3 is 41.8 Å². The summed E-state index contributed by atoms with van der Waals surface area (Å²) in [6.45, 7) is 1.99. The molecule has 1 aromatic heterocycles.